The van der Waals surface area contributed by atoms with Crippen LogP contribution >= 0.6 is 11.8 Å². The van der Waals surface area contributed by atoms with E-state index in [2.05, 4.69) is 26.2 Å². The molecule has 2 amide bonds. The standard InChI is InChI=1S/C18H24N6OS/c25-18(19-10-11-26-16-6-1-2-7-16)20-14-5-3-4-13(12-14)17-21-22-23-24(17)15-8-9-15/h3-5,12,15-16H,1-2,6-11H2,(H2,19,20,25). The second-order valence-corrected chi connectivity index (χ2v) is 8.33. The number of benzene rings is 1. The Balaban J connectivity index is 1.29. The minimum Gasteiger partial charge on any atom is -0.337 e. The van der Waals surface area contributed by atoms with Crippen molar-refractivity contribution < 1.29 is 4.79 Å². The zero-order chi connectivity index (χ0) is 17.8. The Morgan fingerprint density at radius 1 is 1.23 bits per heavy atom. The van der Waals surface area contributed by atoms with Crippen molar-refractivity contribution in [3.63, 3.8) is 0 Å². The van der Waals surface area contributed by atoms with Gasteiger partial charge in [-0.05, 0) is 48.2 Å². The molecule has 2 aromatic rings. The van der Waals surface area contributed by atoms with Crippen molar-refractivity contribution in [2.45, 2.75) is 49.8 Å². The van der Waals surface area contributed by atoms with Gasteiger partial charge in [-0.1, -0.05) is 25.0 Å². The Kier molecular flexibility index (Phi) is 5.38. The van der Waals surface area contributed by atoms with Crippen LogP contribution in [-0.2, 0) is 0 Å². The molecule has 0 aliphatic heterocycles. The van der Waals surface area contributed by atoms with Crippen LogP contribution in [0.2, 0.25) is 0 Å². The number of amides is 2. The van der Waals surface area contributed by atoms with Crippen LogP contribution in [0.15, 0.2) is 24.3 Å². The predicted molar refractivity (Wildman–Crippen MR) is 103 cm³/mol. The van der Waals surface area contributed by atoms with E-state index >= 15 is 0 Å². The zero-order valence-corrected chi connectivity index (χ0v) is 15.5. The Hall–Kier alpha value is -2.09. The highest BCUT2D eigenvalue weighted by Crippen LogP contribution is 2.36. The summed E-state index contributed by atoms with van der Waals surface area (Å²) < 4.78 is 1.87. The predicted octanol–water partition coefficient (Wildman–Crippen LogP) is 3.47. The van der Waals surface area contributed by atoms with Crippen LogP contribution in [0.4, 0.5) is 10.5 Å². The Bertz CT molecular complexity index is 754. The molecule has 26 heavy (non-hydrogen) atoms. The molecule has 138 valence electrons. The fourth-order valence-corrected chi connectivity index (χ4v) is 4.53. The largest absolute Gasteiger partial charge is 0.337 e. The highest BCUT2D eigenvalue weighted by Gasteiger charge is 2.28. The van der Waals surface area contributed by atoms with Crippen molar-refractivity contribution in [1.29, 1.82) is 0 Å². The third-order valence-electron chi connectivity index (χ3n) is 4.81. The molecule has 4 rings (SSSR count). The van der Waals surface area contributed by atoms with Gasteiger partial charge in [0.25, 0.3) is 0 Å². The number of tetrazole rings is 1. The third kappa shape index (κ3) is 4.35. The quantitative estimate of drug-likeness (QED) is 0.727. The maximum Gasteiger partial charge on any atom is 0.319 e. The molecule has 0 bridgehead atoms. The fourth-order valence-electron chi connectivity index (χ4n) is 3.31. The van der Waals surface area contributed by atoms with Crippen molar-refractivity contribution in [2.75, 3.05) is 17.6 Å². The summed E-state index contributed by atoms with van der Waals surface area (Å²) in [5.74, 6) is 1.72. The molecule has 7 nitrogen and oxygen atoms in total. The molecule has 2 aliphatic carbocycles. The van der Waals surface area contributed by atoms with Crippen molar-refractivity contribution in [2.24, 2.45) is 0 Å². The number of urea groups is 1. The smallest absolute Gasteiger partial charge is 0.319 e. The molecule has 0 radical (unpaired) electrons. The van der Waals surface area contributed by atoms with Crippen LogP contribution in [0.1, 0.15) is 44.6 Å². The summed E-state index contributed by atoms with van der Waals surface area (Å²) >= 11 is 1.98. The highest BCUT2D eigenvalue weighted by atomic mass is 32.2. The van der Waals surface area contributed by atoms with Crippen LogP contribution in [0.25, 0.3) is 11.4 Å². The van der Waals surface area contributed by atoms with Gasteiger partial charge in [-0.25, -0.2) is 9.48 Å². The van der Waals surface area contributed by atoms with E-state index in [1.54, 1.807) is 0 Å². The number of carbonyl (C=O) groups excluding carboxylic acids is 1. The van der Waals surface area contributed by atoms with E-state index in [4.69, 9.17) is 0 Å². The van der Waals surface area contributed by atoms with Crippen LogP contribution in [0.5, 0.6) is 0 Å². The van der Waals surface area contributed by atoms with Crippen LogP contribution in [0.3, 0.4) is 0 Å². The van der Waals surface area contributed by atoms with Gasteiger partial charge >= 0.3 is 6.03 Å². The number of nitrogens with one attached hydrogen (secondary N) is 2. The zero-order valence-electron chi connectivity index (χ0n) is 14.7. The topological polar surface area (TPSA) is 84.7 Å². The lowest BCUT2D eigenvalue weighted by molar-refractivity contribution is 0.252. The molecule has 0 spiro atoms. The Morgan fingerprint density at radius 2 is 2.08 bits per heavy atom. The Labute approximate surface area is 157 Å². The van der Waals surface area contributed by atoms with E-state index in [1.165, 1.54) is 25.7 Å². The molecular formula is C18H24N6OS. The lowest BCUT2D eigenvalue weighted by Crippen LogP contribution is -2.30. The van der Waals surface area contributed by atoms with Gasteiger partial charge in [0.2, 0.25) is 0 Å². The molecule has 2 saturated carbocycles. The van der Waals surface area contributed by atoms with Gasteiger partial charge in [0.1, 0.15) is 0 Å². The number of rotatable bonds is 7. The lowest BCUT2D eigenvalue weighted by atomic mass is 10.2. The van der Waals surface area contributed by atoms with Crippen molar-refractivity contribution in [3.8, 4) is 11.4 Å². The fraction of sp³-hybridized carbons (Fsp3) is 0.556. The van der Waals surface area contributed by atoms with Crippen molar-refractivity contribution >= 4 is 23.5 Å². The maximum absolute atomic E-state index is 12.1. The molecule has 0 atom stereocenters. The van der Waals surface area contributed by atoms with E-state index < -0.39 is 0 Å². The monoisotopic (exact) mass is 372 g/mol. The highest BCUT2D eigenvalue weighted by molar-refractivity contribution is 7.99. The first-order chi connectivity index (χ1) is 12.8. The molecule has 2 N–H and O–H groups in total. The maximum atomic E-state index is 12.1. The van der Waals surface area contributed by atoms with Gasteiger partial charge in [0, 0.05) is 28.8 Å². The molecule has 1 aromatic carbocycles. The number of nitrogens with zero attached hydrogens (tertiary/aromatic N) is 4. The van der Waals surface area contributed by atoms with E-state index in [9.17, 15) is 4.79 Å². The van der Waals surface area contributed by atoms with E-state index in [0.29, 0.717) is 12.6 Å². The molecular weight excluding hydrogens is 348 g/mol. The number of carbonyl (C=O) groups is 1. The SMILES string of the molecule is O=C(NCCSC1CCCC1)Nc1cccc(-c2nnnn2C2CC2)c1. The summed E-state index contributed by atoms with van der Waals surface area (Å²) in [6.45, 7) is 0.687. The van der Waals surface area contributed by atoms with Crippen LogP contribution in [-0.4, -0.2) is 43.8 Å². The second kappa shape index (κ2) is 8.07. The summed E-state index contributed by atoms with van der Waals surface area (Å²) in [6, 6.07) is 7.91. The second-order valence-electron chi connectivity index (χ2n) is 6.92. The van der Waals surface area contributed by atoms with E-state index in [1.807, 2.05) is 40.7 Å². The Morgan fingerprint density at radius 3 is 2.88 bits per heavy atom. The number of thioether (sulfide) groups is 1. The van der Waals surface area contributed by atoms with E-state index in [0.717, 1.165) is 40.9 Å². The first-order valence-electron chi connectivity index (χ1n) is 9.34. The van der Waals surface area contributed by atoms with Gasteiger partial charge in [-0.15, -0.1) is 5.10 Å². The molecule has 1 aromatic heterocycles. The third-order valence-corrected chi connectivity index (χ3v) is 6.19. The molecule has 0 saturated heterocycles. The number of hydrogen-bond donors (Lipinski definition) is 2. The van der Waals surface area contributed by atoms with Gasteiger partial charge < -0.3 is 10.6 Å². The summed E-state index contributed by atoms with van der Waals surface area (Å²) in [7, 11) is 0. The van der Waals surface area contributed by atoms with Gasteiger partial charge in [0.05, 0.1) is 6.04 Å². The van der Waals surface area contributed by atoms with Gasteiger partial charge in [0.15, 0.2) is 5.82 Å². The van der Waals surface area contributed by atoms with Gasteiger partial charge in [-0.2, -0.15) is 11.8 Å². The van der Waals surface area contributed by atoms with Crippen LogP contribution in [0, 0.1) is 0 Å². The average Bonchev–Trinajstić information content (AvgIpc) is 3.16. The lowest BCUT2D eigenvalue weighted by Gasteiger charge is -2.11. The molecule has 2 aliphatic rings. The summed E-state index contributed by atoms with van der Waals surface area (Å²) in [5.41, 5.74) is 1.66. The first-order valence-corrected chi connectivity index (χ1v) is 10.4. The normalized spacial score (nSPS) is 17.4. The first kappa shape index (κ1) is 17.3. The summed E-state index contributed by atoms with van der Waals surface area (Å²) in [5, 5.41) is 18.6. The molecule has 8 heteroatoms. The number of aromatic nitrogens is 4. The molecule has 2 fully saturated rings. The van der Waals surface area contributed by atoms with E-state index in [-0.39, 0.29) is 6.03 Å². The summed E-state index contributed by atoms with van der Waals surface area (Å²) in [4.78, 5) is 12.1. The van der Waals surface area contributed by atoms with Gasteiger partial charge in [-0.3, -0.25) is 0 Å². The molecule has 1 heterocycles. The minimum atomic E-state index is -0.170. The van der Waals surface area contributed by atoms with Crippen molar-refractivity contribution in [1.82, 2.24) is 25.5 Å². The van der Waals surface area contributed by atoms with Crippen molar-refractivity contribution in [3.05, 3.63) is 24.3 Å². The minimum absolute atomic E-state index is 0.170. The average molecular weight is 372 g/mol. The molecule has 0 unspecified atom stereocenters. The summed E-state index contributed by atoms with van der Waals surface area (Å²) in [6.07, 6.45) is 7.60. The number of anilines is 1. The van der Waals surface area contributed by atoms with Crippen LogP contribution < -0.4 is 10.6 Å². The number of hydrogen-bond acceptors (Lipinski definition) is 5.